The first kappa shape index (κ1) is 18.7. The van der Waals surface area contributed by atoms with Crippen LogP contribution in [-0.2, 0) is 7.05 Å². The lowest BCUT2D eigenvalue weighted by atomic mass is 10.1. The van der Waals surface area contributed by atoms with Crippen molar-refractivity contribution in [1.29, 1.82) is 0 Å². The van der Waals surface area contributed by atoms with E-state index in [-0.39, 0.29) is 11.4 Å². The second kappa shape index (κ2) is 7.17. The maximum Gasteiger partial charge on any atom is 0.259 e. The maximum atomic E-state index is 12.6. The molecule has 0 unspecified atom stereocenters. The molecule has 154 valence electrons. The molecule has 31 heavy (non-hydrogen) atoms. The Labute approximate surface area is 176 Å². The molecule has 0 aliphatic rings. The number of aromatic hydroxyl groups is 1. The lowest BCUT2D eigenvalue weighted by Crippen LogP contribution is -2.09. The van der Waals surface area contributed by atoms with E-state index in [1.54, 1.807) is 37.3 Å². The molecule has 8 nitrogen and oxygen atoms in total. The number of aryl methyl sites for hydroxylation is 1. The Bertz CT molecular complexity index is 1500. The summed E-state index contributed by atoms with van der Waals surface area (Å²) < 4.78 is 6.93. The van der Waals surface area contributed by atoms with Gasteiger partial charge in [0.25, 0.3) is 5.56 Å². The number of aromatic amines is 1. The maximum absolute atomic E-state index is 12.6. The van der Waals surface area contributed by atoms with Crippen LogP contribution in [0.25, 0.3) is 32.8 Å². The Morgan fingerprint density at radius 2 is 2.00 bits per heavy atom. The van der Waals surface area contributed by atoms with Gasteiger partial charge in [0, 0.05) is 47.7 Å². The van der Waals surface area contributed by atoms with Crippen LogP contribution in [0.4, 0.5) is 11.5 Å². The van der Waals surface area contributed by atoms with E-state index < -0.39 is 0 Å². The summed E-state index contributed by atoms with van der Waals surface area (Å²) in [5.74, 6) is 1.20. The number of hydrogen-bond acceptors (Lipinski definition) is 6. The molecular formula is C23H19N5O3. The molecule has 1 aromatic carbocycles. The van der Waals surface area contributed by atoms with Crippen LogP contribution in [0.5, 0.6) is 11.6 Å². The van der Waals surface area contributed by atoms with Crippen molar-refractivity contribution >= 4 is 33.1 Å². The highest BCUT2D eigenvalue weighted by atomic mass is 16.5. The number of fused-ring (bicyclic) bond motifs is 2. The molecule has 0 atom stereocenters. The van der Waals surface area contributed by atoms with Gasteiger partial charge < -0.3 is 24.7 Å². The molecule has 5 aromatic rings. The normalized spacial score (nSPS) is 11.2. The number of nitrogens with zero attached hydrogens (tertiary/aromatic N) is 3. The van der Waals surface area contributed by atoms with Crippen molar-refractivity contribution in [3.8, 4) is 22.9 Å². The average Bonchev–Trinajstić information content (AvgIpc) is 3.07. The number of hydrogen-bond donors (Lipinski definition) is 3. The fourth-order valence-electron chi connectivity index (χ4n) is 3.66. The number of benzene rings is 1. The van der Waals surface area contributed by atoms with Gasteiger partial charge in [-0.25, -0.2) is 4.98 Å². The van der Waals surface area contributed by atoms with Crippen LogP contribution in [0.3, 0.4) is 0 Å². The van der Waals surface area contributed by atoms with Crippen LogP contribution in [0, 0.1) is 0 Å². The molecule has 4 heterocycles. The topological polar surface area (TPSA) is 105 Å². The van der Waals surface area contributed by atoms with Crippen LogP contribution in [0.2, 0.25) is 0 Å². The summed E-state index contributed by atoms with van der Waals surface area (Å²) in [6.07, 6.45) is 6.77. The molecule has 0 radical (unpaired) electrons. The number of methoxy groups -OCH3 is 1. The lowest BCUT2D eigenvalue weighted by molar-refractivity contribution is 0.413. The van der Waals surface area contributed by atoms with E-state index >= 15 is 0 Å². The summed E-state index contributed by atoms with van der Waals surface area (Å²) >= 11 is 0. The average molecular weight is 413 g/mol. The molecule has 0 spiro atoms. The molecule has 4 aromatic heterocycles. The van der Waals surface area contributed by atoms with Crippen molar-refractivity contribution in [2.75, 3.05) is 12.4 Å². The number of pyridine rings is 3. The van der Waals surface area contributed by atoms with E-state index in [1.807, 2.05) is 42.6 Å². The molecule has 0 aliphatic heterocycles. The standard InChI is InChI=1S/C23H19N5O3/c1-28-12-14-3-4-16(9-18(14)23(28)30)26-21-20-13(5-6-25-22(20)29)8-19(27-21)15-7-17(31-2)11-24-10-15/h3-12,30H,1-2H3,(H,25,29)(H,26,27). The van der Waals surface area contributed by atoms with E-state index in [0.29, 0.717) is 33.7 Å². The SMILES string of the molecule is COc1cncc(-c2cc3cc[nH]c(=O)c3c(Nc3ccc4cn(C)c(O)c4c3)n2)c1. The molecule has 0 aliphatic carbocycles. The predicted molar refractivity (Wildman–Crippen MR) is 120 cm³/mol. The smallest absolute Gasteiger partial charge is 0.259 e. The molecule has 5 rings (SSSR count). The highest BCUT2D eigenvalue weighted by molar-refractivity contribution is 5.96. The van der Waals surface area contributed by atoms with Crippen molar-refractivity contribution in [2.24, 2.45) is 7.05 Å². The number of ether oxygens (including phenoxy) is 1. The summed E-state index contributed by atoms with van der Waals surface area (Å²) in [5.41, 5.74) is 1.87. The Hall–Kier alpha value is -4.33. The molecule has 0 bridgehead atoms. The summed E-state index contributed by atoms with van der Waals surface area (Å²) in [5, 5.41) is 16.3. The lowest BCUT2D eigenvalue weighted by Gasteiger charge is -2.12. The zero-order valence-electron chi connectivity index (χ0n) is 16.9. The Morgan fingerprint density at radius 3 is 2.84 bits per heavy atom. The van der Waals surface area contributed by atoms with Gasteiger partial charge in [0.05, 0.1) is 24.4 Å². The van der Waals surface area contributed by atoms with Crippen molar-refractivity contribution in [3.05, 3.63) is 71.5 Å². The van der Waals surface area contributed by atoms with Crippen molar-refractivity contribution in [3.63, 3.8) is 0 Å². The number of rotatable bonds is 4. The van der Waals surface area contributed by atoms with Crippen molar-refractivity contribution in [1.82, 2.24) is 19.5 Å². The van der Waals surface area contributed by atoms with Crippen molar-refractivity contribution < 1.29 is 9.84 Å². The van der Waals surface area contributed by atoms with E-state index in [9.17, 15) is 9.90 Å². The fourth-order valence-corrected chi connectivity index (χ4v) is 3.66. The largest absolute Gasteiger partial charge is 0.495 e. The number of anilines is 2. The van der Waals surface area contributed by atoms with Gasteiger partial charge >= 0.3 is 0 Å². The van der Waals surface area contributed by atoms with Crippen molar-refractivity contribution in [2.45, 2.75) is 0 Å². The van der Waals surface area contributed by atoms with Gasteiger partial charge in [-0.3, -0.25) is 9.78 Å². The highest BCUT2D eigenvalue weighted by Crippen LogP contribution is 2.32. The third-order valence-corrected chi connectivity index (χ3v) is 5.22. The van der Waals surface area contributed by atoms with Gasteiger partial charge in [0.15, 0.2) is 5.88 Å². The molecule has 0 saturated heterocycles. The Morgan fingerprint density at radius 1 is 1.13 bits per heavy atom. The van der Waals surface area contributed by atoms with Gasteiger partial charge in [-0.15, -0.1) is 0 Å². The molecule has 0 fully saturated rings. The zero-order valence-corrected chi connectivity index (χ0v) is 16.9. The van der Waals surface area contributed by atoms with E-state index in [2.05, 4.69) is 15.3 Å². The van der Waals surface area contributed by atoms with E-state index in [1.165, 1.54) is 0 Å². The van der Waals surface area contributed by atoms with Gasteiger partial charge in [-0.05, 0) is 35.7 Å². The third kappa shape index (κ3) is 3.24. The minimum atomic E-state index is -0.244. The van der Waals surface area contributed by atoms with Gasteiger partial charge in [0.1, 0.15) is 11.6 Å². The van der Waals surface area contributed by atoms with Crippen LogP contribution in [0.1, 0.15) is 0 Å². The minimum Gasteiger partial charge on any atom is -0.495 e. The fraction of sp³-hybridized carbons (Fsp3) is 0.0870. The first-order chi connectivity index (χ1) is 15.0. The summed E-state index contributed by atoms with van der Waals surface area (Å²) in [6.45, 7) is 0. The van der Waals surface area contributed by atoms with Gasteiger partial charge in [-0.2, -0.15) is 0 Å². The van der Waals surface area contributed by atoms with E-state index in [0.717, 1.165) is 16.3 Å². The summed E-state index contributed by atoms with van der Waals surface area (Å²) in [4.78, 5) is 24.2. The molecular weight excluding hydrogens is 394 g/mol. The van der Waals surface area contributed by atoms with Gasteiger partial charge in [0.2, 0.25) is 0 Å². The molecule has 0 saturated carbocycles. The Kier molecular flexibility index (Phi) is 4.32. The monoisotopic (exact) mass is 413 g/mol. The number of H-pyrrole nitrogens is 1. The van der Waals surface area contributed by atoms with Gasteiger partial charge in [-0.1, -0.05) is 6.07 Å². The minimum absolute atomic E-state index is 0.172. The summed E-state index contributed by atoms with van der Waals surface area (Å²) in [7, 11) is 3.36. The predicted octanol–water partition coefficient (Wildman–Crippen LogP) is 3.93. The molecule has 3 N–H and O–H groups in total. The van der Waals surface area contributed by atoms with Crippen LogP contribution in [-0.4, -0.2) is 31.7 Å². The quantitative estimate of drug-likeness (QED) is 0.412. The molecule has 8 heteroatoms. The highest BCUT2D eigenvalue weighted by Gasteiger charge is 2.13. The second-order valence-corrected chi connectivity index (χ2v) is 7.23. The summed E-state index contributed by atoms with van der Waals surface area (Å²) in [6, 6.07) is 11.1. The van der Waals surface area contributed by atoms with Crippen LogP contribution in [0.15, 0.2) is 66.0 Å². The van der Waals surface area contributed by atoms with Crippen LogP contribution >= 0.6 is 0 Å². The van der Waals surface area contributed by atoms with Crippen LogP contribution < -0.4 is 15.6 Å². The second-order valence-electron chi connectivity index (χ2n) is 7.23. The zero-order chi connectivity index (χ0) is 21.5. The van der Waals surface area contributed by atoms with E-state index in [4.69, 9.17) is 9.72 Å². The third-order valence-electron chi connectivity index (χ3n) is 5.22. The number of aromatic nitrogens is 4. The first-order valence-corrected chi connectivity index (χ1v) is 9.60. The Balaban J connectivity index is 1.68. The number of nitrogens with one attached hydrogen (secondary N) is 2. The molecule has 0 amide bonds. The first-order valence-electron chi connectivity index (χ1n) is 9.60.